The molecule has 0 aliphatic heterocycles. The fourth-order valence-electron chi connectivity index (χ4n) is 1.54. The first-order valence-corrected chi connectivity index (χ1v) is 6.38. The van der Waals surface area contributed by atoms with E-state index >= 15 is 0 Å². The Balaban J connectivity index is 2.66. The van der Waals surface area contributed by atoms with Gasteiger partial charge in [0, 0.05) is 25.2 Å². The normalized spacial score (nSPS) is 10.6. The highest BCUT2D eigenvalue weighted by molar-refractivity contribution is 5.75. The predicted octanol–water partition coefficient (Wildman–Crippen LogP) is 1.84. The van der Waals surface area contributed by atoms with Crippen LogP contribution in [0.4, 0.5) is 4.39 Å². The van der Waals surface area contributed by atoms with E-state index in [0.717, 1.165) is 5.56 Å². The predicted molar refractivity (Wildman–Crippen MR) is 72.6 cm³/mol. The second-order valence-electron chi connectivity index (χ2n) is 4.54. The minimum Gasteiger partial charge on any atom is -0.490 e. The molecule has 1 aromatic rings. The van der Waals surface area contributed by atoms with Crippen molar-refractivity contribution < 1.29 is 13.9 Å². The van der Waals surface area contributed by atoms with Crippen molar-refractivity contribution in [1.82, 2.24) is 10.6 Å². The van der Waals surface area contributed by atoms with Crippen LogP contribution in [0.5, 0.6) is 5.75 Å². The average Bonchev–Trinajstić information content (AvgIpc) is 2.38. The van der Waals surface area contributed by atoms with Gasteiger partial charge in [0.2, 0.25) is 5.91 Å². The molecule has 0 spiro atoms. The maximum atomic E-state index is 13.7. The lowest BCUT2D eigenvalue weighted by Crippen LogP contribution is -2.23. The summed E-state index contributed by atoms with van der Waals surface area (Å²) in [5.41, 5.74) is 0.755. The summed E-state index contributed by atoms with van der Waals surface area (Å²) in [6.45, 7) is 4.73. The molecule has 0 aliphatic rings. The number of hydrogen-bond donors (Lipinski definition) is 2. The highest BCUT2D eigenvalue weighted by Crippen LogP contribution is 2.22. The summed E-state index contributed by atoms with van der Waals surface area (Å²) in [5, 5.41) is 5.71. The zero-order valence-corrected chi connectivity index (χ0v) is 11.6. The molecule has 0 atom stereocenters. The van der Waals surface area contributed by atoms with Crippen molar-refractivity contribution in [3.8, 4) is 5.75 Å². The van der Waals surface area contributed by atoms with Gasteiger partial charge in [-0.15, -0.1) is 0 Å². The summed E-state index contributed by atoms with van der Waals surface area (Å²) in [5.74, 6) is -0.308. The molecule has 2 N–H and O–H groups in total. The lowest BCUT2D eigenvalue weighted by molar-refractivity contribution is -0.121. The number of hydrogen-bond acceptors (Lipinski definition) is 3. The first-order valence-electron chi connectivity index (χ1n) is 6.38. The molecular formula is C14H21FN2O2. The topological polar surface area (TPSA) is 50.4 Å². The van der Waals surface area contributed by atoms with E-state index in [9.17, 15) is 9.18 Å². The number of ether oxygens (including phenoxy) is 1. The number of benzene rings is 1. The van der Waals surface area contributed by atoms with Crippen LogP contribution in [0.1, 0.15) is 25.8 Å². The highest BCUT2D eigenvalue weighted by atomic mass is 19.1. The number of para-hydroxylation sites is 1. The molecule has 1 amide bonds. The molecule has 1 rings (SSSR count). The fourth-order valence-corrected chi connectivity index (χ4v) is 1.54. The van der Waals surface area contributed by atoms with Gasteiger partial charge in [-0.1, -0.05) is 26.0 Å². The standard InChI is InChI=1S/C14H21FN2O2/c1-10(2)17-9-11-5-4-6-12(15)14(11)19-8-7-13(18)16-3/h4-6,10,17H,7-9H2,1-3H3,(H,16,18). The Morgan fingerprint density at radius 1 is 1.42 bits per heavy atom. The lowest BCUT2D eigenvalue weighted by atomic mass is 10.2. The van der Waals surface area contributed by atoms with Gasteiger partial charge in [0.25, 0.3) is 0 Å². The van der Waals surface area contributed by atoms with Crippen LogP contribution < -0.4 is 15.4 Å². The molecule has 1 aromatic carbocycles. The van der Waals surface area contributed by atoms with Crippen LogP contribution in [-0.4, -0.2) is 25.6 Å². The lowest BCUT2D eigenvalue weighted by Gasteiger charge is -2.14. The van der Waals surface area contributed by atoms with Crippen molar-refractivity contribution in [3.63, 3.8) is 0 Å². The molecule has 0 aliphatic carbocycles. The van der Waals surface area contributed by atoms with Crippen LogP contribution in [0.15, 0.2) is 18.2 Å². The third kappa shape index (κ3) is 5.26. The molecule has 0 aromatic heterocycles. The Labute approximate surface area is 113 Å². The Hall–Kier alpha value is -1.62. The van der Waals surface area contributed by atoms with Gasteiger partial charge >= 0.3 is 0 Å². The van der Waals surface area contributed by atoms with Crippen molar-refractivity contribution in [3.05, 3.63) is 29.6 Å². The van der Waals surface area contributed by atoms with Gasteiger partial charge < -0.3 is 15.4 Å². The van der Waals surface area contributed by atoms with Crippen molar-refractivity contribution in [2.75, 3.05) is 13.7 Å². The van der Waals surface area contributed by atoms with Crippen LogP contribution in [0.25, 0.3) is 0 Å². The maximum absolute atomic E-state index is 13.7. The summed E-state index contributed by atoms with van der Waals surface area (Å²) < 4.78 is 19.1. The van der Waals surface area contributed by atoms with E-state index < -0.39 is 5.82 Å². The molecule has 19 heavy (non-hydrogen) atoms. The monoisotopic (exact) mass is 268 g/mol. The molecule has 5 heteroatoms. The number of nitrogens with one attached hydrogen (secondary N) is 2. The van der Waals surface area contributed by atoms with Crippen LogP contribution in [0.2, 0.25) is 0 Å². The molecule has 4 nitrogen and oxygen atoms in total. The quantitative estimate of drug-likeness (QED) is 0.793. The Kier molecular flexibility index (Phi) is 6.29. The first kappa shape index (κ1) is 15.4. The first-order chi connectivity index (χ1) is 9.04. The van der Waals surface area contributed by atoms with E-state index in [-0.39, 0.29) is 24.7 Å². The van der Waals surface area contributed by atoms with Gasteiger partial charge in [0.15, 0.2) is 11.6 Å². The minimum absolute atomic E-state index is 0.127. The average molecular weight is 268 g/mol. The molecule has 106 valence electrons. The smallest absolute Gasteiger partial charge is 0.223 e. The van der Waals surface area contributed by atoms with Crippen LogP contribution in [-0.2, 0) is 11.3 Å². The maximum Gasteiger partial charge on any atom is 0.223 e. The molecular weight excluding hydrogens is 247 g/mol. The van der Waals surface area contributed by atoms with Crippen LogP contribution in [0, 0.1) is 5.82 Å². The van der Waals surface area contributed by atoms with Crippen LogP contribution in [0.3, 0.4) is 0 Å². The molecule has 0 saturated carbocycles. The number of amides is 1. The van der Waals surface area contributed by atoms with E-state index in [2.05, 4.69) is 10.6 Å². The van der Waals surface area contributed by atoms with Gasteiger partial charge in [-0.2, -0.15) is 0 Å². The van der Waals surface area contributed by atoms with Gasteiger partial charge in [0.05, 0.1) is 13.0 Å². The number of carbonyl (C=O) groups is 1. The summed E-state index contributed by atoms with van der Waals surface area (Å²) in [6, 6.07) is 5.13. The summed E-state index contributed by atoms with van der Waals surface area (Å²) >= 11 is 0. The number of halogens is 1. The molecule has 0 heterocycles. The third-order valence-electron chi connectivity index (χ3n) is 2.60. The van der Waals surface area contributed by atoms with Gasteiger partial charge in [-0.3, -0.25) is 4.79 Å². The van der Waals surface area contributed by atoms with Crippen molar-refractivity contribution in [2.24, 2.45) is 0 Å². The number of rotatable bonds is 7. The van der Waals surface area contributed by atoms with E-state index in [1.54, 1.807) is 13.1 Å². The second-order valence-corrected chi connectivity index (χ2v) is 4.54. The largest absolute Gasteiger partial charge is 0.490 e. The molecule has 0 radical (unpaired) electrons. The van der Waals surface area contributed by atoms with E-state index in [0.29, 0.717) is 12.6 Å². The number of carbonyl (C=O) groups excluding carboxylic acids is 1. The van der Waals surface area contributed by atoms with E-state index in [1.165, 1.54) is 6.07 Å². The van der Waals surface area contributed by atoms with E-state index in [4.69, 9.17) is 4.74 Å². The third-order valence-corrected chi connectivity index (χ3v) is 2.60. The van der Waals surface area contributed by atoms with Crippen molar-refractivity contribution >= 4 is 5.91 Å². The second kappa shape index (κ2) is 7.74. The van der Waals surface area contributed by atoms with Crippen LogP contribution >= 0.6 is 0 Å². The minimum atomic E-state index is -0.403. The highest BCUT2D eigenvalue weighted by Gasteiger charge is 2.10. The fraction of sp³-hybridized carbons (Fsp3) is 0.500. The Bertz CT molecular complexity index is 422. The molecule has 0 bridgehead atoms. The zero-order valence-electron chi connectivity index (χ0n) is 11.6. The van der Waals surface area contributed by atoms with Gasteiger partial charge in [0.1, 0.15) is 0 Å². The molecule has 0 fully saturated rings. The summed E-state index contributed by atoms with van der Waals surface area (Å²) in [7, 11) is 1.56. The SMILES string of the molecule is CNC(=O)CCOc1c(F)cccc1CNC(C)C. The van der Waals surface area contributed by atoms with Gasteiger partial charge in [-0.05, 0) is 6.07 Å². The summed E-state index contributed by atoms with van der Waals surface area (Å²) in [4.78, 5) is 11.1. The Morgan fingerprint density at radius 3 is 2.79 bits per heavy atom. The van der Waals surface area contributed by atoms with Crippen molar-refractivity contribution in [2.45, 2.75) is 32.9 Å². The van der Waals surface area contributed by atoms with Gasteiger partial charge in [-0.25, -0.2) is 4.39 Å². The zero-order chi connectivity index (χ0) is 14.3. The summed E-state index contributed by atoms with van der Waals surface area (Å²) in [6.07, 6.45) is 0.210. The Morgan fingerprint density at radius 2 is 2.16 bits per heavy atom. The molecule has 0 saturated heterocycles. The molecule has 0 unspecified atom stereocenters. The van der Waals surface area contributed by atoms with E-state index in [1.807, 2.05) is 19.9 Å². The van der Waals surface area contributed by atoms with Crippen molar-refractivity contribution in [1.29, 1.82) is 0 Å².